The molecule has 5 rings (SSSR count). The second-order valence-corrected chi connectivity index (χ2v) is 7.68. The first-order valence-corrected chi connectivity index (χ1v) is 9.67. The normalized spacial score (nSPS) is 30.4. The number of aliphatic hydroxyl groups is 1. The number of hydrogen-bond donors (Lipinski definition) is 5. The third-order valence-corrected chi connectivity index (χ3v) is 6.15. The van der Waals surface area contributed by atoms with Crippen LogP contribution in [0.25, 0.3) is 0 Å². The lowest BCUT2D eigenvalue weighted by molar-refractivity contribution is -0.137. The predicted octanol–water partition coefficient (Wildman–Crippen LogP) is -0.583. The number of ketones is 2. The van der Waals surface area contributed by atoms with E-state index in [9.17, 15) is 14.7 Å². The Morgan fingerprint density at radius 1 is 1.45 bits per heavy atom. The molecule has 2 fully saturated rings. The van der Waals surface area contributed by atoms with Crippen molar-refractivity contribution in [3.63, 3.8) is 0 Å². The maximum Gasteiger partial charge on any atom is 0.402 e. The summed E-state index contributed by atoms with van der Waals surface area (Å²) in [6, 6.07) is 3.75. The van der Waals surface area contributed by atoms with Crippen LogP contribution in [0.15, 0.2) is 47.1 Å². The molecule has 3 aliphatic heterocycles. The second-order valence-electron chi connectivity index (χ2n) is 7.68. The molecule has 4 heterocycles. The number of carbonyl (C=O) groups excluding carboxylic acids is 2. The summed E-state index contributed by atoms with van der Waals surface area (Å²) < 4.78 is 5.87. The minimum Gasteiger partial charge on any atom is -0.465 e. The molecule has 2 saturated heterocycles. The van der Waals surface area contributed by atoms with Gasteiger partial charge in [-0.25, -0.2) is 4.79 Å². The number of anilines is 1. The van der Waals surface area contributed by atoms with Gasteiger partial charge in [0, 0.05) is 37.0 Å². The molecule has 1 aliphatic carbocycles. The molecular formula is C20H23N5O6. The van der Waals surface area contributed by atoms with Crippen LogP contribution in [0.2, 0.25) is 0 Å². The van der Waals surface area contributed by atoms with E-state index < -0.39 is 17.7 Å². The van der Waals surface area contributed by atoms with E-state index in [1.807, 2.05) is 4.90 Å². The van der Waals surface area contributed by atoms with Crippen molar-refractivity contribution in [3.8, 4) is 0 Å². The Bertz CT molecular complexity index is 1020. The molecule has 0 aromatic carbocycles. The first-order chi connectivity index (χ1) is 14.8. The molecule has 164 valence electrons. The Balaban J connectivity index is 0.000000535. The molecule has 31 heavy (non-hydrogen) atoms. The van der Waals surface area contributed by atoms with Gasteiger partial charge < -0.3 is 36.2 Å². The first-order valence-electron chi connectivity index (χ1n) is 9.67. The highest BCUT2D eigenvalue weighted by Crippen LogP contribution is 2.55. The molecule has 11 heteroatoms. The number of fused-ring (bicyclic) bond motifs is 4. The van der Waals surface area contributed by atoms with E-state index in [-0.39, 0.29) is 36.0 Å². The van der Waals surface area contributed by atoms with Crippen molar-refractivity contribution in [2.45, 2.75) is 24.7 Å². The number of primary amides is 1. The van der Waals surface area contributed by atoms with Gasteiger partial charge in [-0.1, -0.05) is 0 Å². The number of piperazine rings is 1. The van der Waals surface area contributed by atoms with Gasteiger partial charge in [0.25, 0.3) is 0 Å². The quantitative estimate of drug-likeness (QED) is 0.307. The minimum atomic E-state index is -1.33. The number of methoxy groups -OCH3 is 1. The summed E-state index contributed by atoms with van der Waals surface area (Å²) in [6.07, 6.45) is 1.89. The predicted molar refractivity (Wildman–Crippen MR) is 108 cm³/mol. The molecule has 0 radical (unpaired) electrons. The van der Waals surface area contributed by atoms with Crippen molar-refractivity contribution in [2.24, 2.45) is 11.7 Å². The first kappa shape index (κ1) is 21.0. The Kier molecular flexibility index (Phi) is 5.04. The number of aliphatic hydroxyl groups excluding tert-OH is 1. The number of ether oxygens (including phenoxy) is 1. The highest BCUT2D eigenvalue weighted by atomic mass is 16.5. The summed E-state index contributed by atoms with van der Waals surface area (Å²) >= 11 is 0. The van der Waals surface area contributed by atoms with Crippen LogP contribution in [0.4, 0.5) is 10.5 Å². The smallest absolute Gasteiger partial charge is 0.402 e. The van der Waals surface area contributed by atoms with Gasteiger partial charge in [-0.15, -0.1) is 0 Å². The van der Waals surface area contributed by atoms with Crippen LogP contribution in [-0.4, -0.2) is 75.8 Å². The van der Waals surface area contributed by atoms with Crippen LogP contribution in [0.5, 0.6) is 0 Å². The summed E-state index contributed by atoms with van der Waals surface area (Å²) in [5, 5.41) is 23.7. The van der Waals surface area contributed by atoms with E-state index in [0.717, 1.165) is 0 Å². The molecule has 0 saturated carbocycles. The lowest BCUT2D eigenvalue weighted by Crippen LogP contribution is -2.54. The van der Waals surface area contributed by atoms with Gasteiger partial charge in [0.2, 0.25) is 11.6 Å². The van der Waals surface area contributed by atoms with Crippen molar-refractivity contribution in [1.29, 1.82) is 0 Å². The average Bonchev–Trinajstić information content (AvgIpc) is 3.35. The molecule has 4 unspecified atom stereocenters. The highest BCUT2D eigenvalue weighted by molar-refractivity contribution is 6.26. The number of nitrogens with two attached hydrogens (primary N) is 1. The largest absolute Gasteiger partial charge is 0.465 e. The zero-order valence-corrected chi connectivity index (χ0v) is 17.0. The number of nitrogens with zero attached hydrogens (tertiary/aromatic N) is 2. The highest BCUT2D eigenvalue weighted by Gasteiger charge is 2.72. The molecule has 11 nitrogen and oxygen atoms in total. The van der Waals surface area contributed by atoms with Gasteiger partial charge in [-0.3, -0.25) is 14.6 Å². The van der Waals surface area contributed by atoms with Crippen LogP contribution in [0.3, 0.4) is 0 Å². The van der Waals surface area contributed by atoms with Crippen molar-refractivity contribution < 1.29 is 29.3 Å². The van der Waals surface area contributed by atoms with Crippen LogP contribution in [0.1, 0.15) is 6.92 Å². The third-order valence-electron chi connectivity index (χ3n) is 6.15. The molecule has 4 atom stereocenters. The number of pyridine rings is 1. The number of hydrogen-bond acceptors (Lipinski definition) is 9. The summed E-state index contributed by atoms with van der Waals surface area (Å²) in [5.41, 5.74) is 5.08. The topological polar surface area (TPSA) is 177 Å². The average molecular weight is 429 g/mol. The molecule has 1 aromatic rings. The van der Waals surface area contributed by atoms with Crippen molar-refractivity contribution in [1.82, 2.24) is 15.2 Å². The maximum atomic E-state index is 13.4. The molecular weight excluding hydrogens is 406 g/mol. The van der Waals surface area contributed by atoms with Gasteiger partial charge in [-0.2, -0.15) is 0 Å². The summed E-state index contributed by atoms with van der Waals surface area (Å²) in [6.45, 7) is 1.97. The fourth-order valence-electron chi connectivity index (χ4n) is 4.88. The summed E-state index contributed by atoms with van der Waals surface area (Å²) in [4.78, 5) is 41.3. The summed E-state index contributed by atoms with van der Waals surface area (Å²) in [7, 11) is 1.57. The number of allylic oxidation sites excluding steroid dienone is 2. The van der Waals surface area contributed by atoms with Crippen molar-refractivity contribution >= 4 is 23.3 Å². The molecule has 4 aliphatic rings. The monoisotopic (exact) mass is 429 g/mol. The van der Waals surface area contributed by atoms with Crippen LogP contribution < -0.4 is 16.4 Å². The van der Waals surface area contributed by atoms with E-state index in [4.69, 9.17) is 14.6 Å². The molecule has 1 amide bonds. The van der Waals surface area contributed by atoms with Gasteiger partial charge in [0.1, 0.15) is 0 Å². The number of carboxylic acid groups (broad SMARTS) is 1. The standard InChI is InChI=1S/C19H20N4O4.CH3NO2/c1-9-14(21-10-4-3-5-20-6-10)17(26)13-11(8-24)19(27-2)18-12(22-18)7-23(19)15(13)16(9)25;2-1(3)4/h3-6,11-12,18,21-22,24H,7-8H2,1-2H3;2H2,(H,3,4). The fourth-order valence-corrected chi connectivity index (χ4v) is 4.88. The van der Waals surface area contributed by atoms with Crippen LogP contribution in [0, 0.1) is 5.92 Å². The number of Topliss-reactive ketones (excluding diaryl/α,β-unsaturated/α-hetero) is 2. The van der Waals surface area contributed by atoms with E-state index in [0.29, 0.717) is 29.1 Å². The molecule has 0 spiro atoms. The lowest BCUT2D eigenvalue weighted by atomic mass is 9.82. The number of amides is 1. The van der Waals surface area contributed by atoms with E-state index in [1.54, 1.807) is 38.6 Å². The maximum absolute atomic E-state index is 13.4. The zero-order chi connectivity index (χ0) is 22.5. The van der Waals surface area contributed by atoms with Gasteiger partial charge in [0.15, 0.2) is 5.72 Å². The number of nitrogens with one attached hydrogen (secondary N) is 2. The van der Waals surface area contributed by atoms with E-state index in [2.05, 4.69) is 21.4 Å². The number of rotatable bonds is 4. The van der Waals surface area contributed by atoms with Crippen molar-refractivity contribution in [2.75, 3.05) is 25.6 Å². The second kappa shape index (κ2) is 7.45. The minimum absolute atomic E-state index is 0.000823. The Morgan fingerprint density at radius 3 is 2.74 bits per heavy atom. The SMILES string of the molecule is COC12C(CO)C3=C(C(=O)C(C)=C(Nc4cccnc4)C3=O)N1CC1NC12.NC(=O)O. The van der Waals surface area contributed by atoms with Gasteiger partial charge in [-0.05, 0) is 19.1 Å². The number of aromatic nitrogens is 1. The summed E-state index contributed by atoms with van der Waals surface area (Å²) in [5.74, 6) is -1.06. The Labute approximate surface area is 177 Å². The molecule has 0 bridgehead atoms. The van der Waals surface area contributed by atoms with Gasteiger partial charge in [0.05, 0.1) is 41.8 Å². The Hall–Kier alpha value is -3.28. The van der Waals surface area contributed by atoms with Gasteiger partial charge >= 0.3 is 6.09 Å². The van der Waals surface area contributed by atoms with E-state index in [1.165, 1.54) is 0 Å². The molecule has 1 aromatic heterocycles. The molecule has 6 N–H and O–H groups in total. The zero-order valence-electron chi connectivity index (χ0n) is 17.0. The van der Waals surface area contributed by atoms with Crippen LogP contribution >= 0.6 is 0 Å². The number of carbonyl (C=O) groups is 3. The third kappa shape index (κ3) is 3.00. The van der Waals surface area contributed by atoms with Crippen molar-refractivity contribution in [3.05, 3.63) is 47.1 Å². The Morgan fingerprint density at radius 2 is 2.16 bits per heavy atom. The lowest BCUT2D eigenvalue weighted by Gasteiger charge is -2.39. The van der Waals surface area contributed by atoms with E-state index >= 15 is 0 Å². The fraction of sp³-hybridized carbons (Fsp3) is 0.400. The van der Waals surface area contributed by atoms with Crippen LogP contribution in [-0.2, 0) is 14.3 Å².